The van der Waals surface area contributed by atoms with E-state index in [9.17, 15) is 9.59 Å². The molecule has 2 rings (SSSR count). The van der Waals surface area contributed by atoms with Crippen LogP contribution in [0, 0.1) is 5.92 Å². The summed E-state index contributed by atoms with van der Waals surface area (Å²) >= 11 is 0. The molecule has 16 heavy (non-hydrogen) atoms. The van der Waals surface area contributed by atoms with Gasteiger partial charge in [0, 0.05) is 5.69 Å². The molecule has 0 aromatic heterocycles. The van der Waals surface area contributed by atoms with Crippen molar-refractivity contribution in [2.75, 3.05) is 5.32 Å². The predicted octanol–water partition coefficient (Wildman–Crippen LogP) is 1.83. The van der Waals surface area contributed by atoms with Crippen molar-refractivity contribution in [3.05, 3.63) is 29.8 Å². The number of aliphatic carboxylic acids is 1. The number of hydrogen-bond donors (Lipinski definition) is 2. The Labute approximate surface area is 93.3 Å². The highest BCUT2D eigenvalue weighted by molar-refractivity contribution is 6.03. The van der Waals surface area contributed by atoms with E-state index >= 15 is 0 Å². The Hall–Kier alpha value is -1.84. The topological polar surface area (TPSA) is 66.4 Å². The number of fused-ring (bicyclic) bond motifs is 1. The van der Waals surface area contributed by atoms with E-state index in [2.05, 4.69) is 5.32 Å². The molecule has 0 aliphatic carbocycles. The largest absolute Gasteiger partial charge is 0.481 e. The molecule has 84 valence electrons. The minimum Gasteiger partial charge on any atom is -0.481 e. The third-order valence-corrected chi connectivity index (χ3v) is 2.92. The fourth-order valence-corrected chi connectivity index (χ4v) is 1.96. The molecule has 2 N–H and O–H groups in total. The second-order valence-electron chi connectivity index (χ2n) is 4.10. The molecule has 2 atom stereocenters. The molecular formula is C12H13NO3. The number of para-hydroxylation sites is 1. The summed E-state index contributed by atoms with van der Waals surface area (Å²) in [7, 11) is 0. The van der Waals surface area contributed by atoms with E-state index < -0.39 is 11.9 Å². The van der Waals surface area contributed by atoms with Crippen LogP contribution < -0.4 is 5.32 Å². The molecule has 4 heteroatoms. The van der Waals surface area contributed by atoms with Crippen LogP contribution in [-0.2, 0) is 9.59 Å². The standard InChI is InChI=1S/C12H13NO3/c1-7(12(15)16)6-9-8-4-2-3-5-10(8)13-11(9)14/h2-5,7,9H,6H2,1H3,(H,13,14)(H,15,16). The molecule has 1 aliphatic rings. The van der Waals surface area contributed by atoms with Gasteiger partial charge in [-0.15, -0.1) is 0 Å². The smallest absolute Gasteiger partial charge is 0.306 e. The maximum absolute atomic E-state index is 11.7. The van der Waals surface area contributed by atoms with Gasteiger partial charge in [-0.3, -0.25) is 9.59 Å². The SMILES string of the molecule is CC(CC1C(=O)Nc2ccccc21)C(=O)O. The predicted molar refractivity (Wildman–Crippen MR) is 59.2 cm³/mol. The number of carboxylic acids is 1. The quantitative estimate of drug-likeness (QED) is 0.815. The van der Waals surface area contributed by atoms with E-state index in [1.807, 2.05) is 24.3 Å². The number of carbonyl (C=O) groups excluding carboxylic acids is 1. The highest BCUT2D eigenvalue weighted by Crippen LogP contribution is 2.36. The van der Waals surface area contributed by atoms with Crippen molar-refractivity contribution in [2.24, 2.45) is 5.92 Å². The summed E-state index contributed by atoms with van der Waals surface area (Å²) < 4.78 is 0. The van der Waals surface area contributed by atoms with E-state index in [-0.39, 0.29) is 11.8 Å². The molecule has 1 aliphatic heterocycles. The Bertz CT molecular complexity index is 442. The number of carbonyl (C=O) groups is 2. The second kappa shape index (κ2) is 3.96. The minimum atomic E-state index is -0.864. The van der Waals surface area contributed by atoms with E-state index in [4.69, 9.17) is 5.11 Å². The summed E-state index contributed by atoms with van der Waals surface area (Å²) in [5.74, 6) is -1.81. The van der Waals surface area contributed by atoms with Crippen LogP contribution in [0.1, 0.15) is 24.8 Å². The van der Waals surface area contributed by atoms with Crippen molar-refractivity contribution in [1.29, 1.82) is 0 Å². The number of benzene rings is 1. The number of anilines is 1. The number of hydrogen-bond acceptors (Lipinski definition) is 2. The third kappa shape index (κ3) is 1.78. The van der Waals surface area contributed by atoms with Gasteiger partial charge in [0.25, 0.3) is 0 Å². The zero-order valence-electron chi connectivity index (χ0n) is 8.93. The summed E-state index contributed by atoms with van der Waals surface area (Å²) in [5, 5.41) is 11.6. The molecule has 1 aromatic rings. The van der Waals surface area contributed by atoms with E-state index in [1.54, 1.807) is 6.92 Å². The average Bonchev–Trinajstić information content (AvgIpc) is 2.55. The highest BCUT2D eigenvalue weighted by Gasteiger charge is 2.32. The van der Waals surface area contributed by atoms with Gasteiger partial charge in [-0.2, -0.15) is 0 Å². The van der Waals surface area contributed by atoms with Gasteiger partial charge in [0.05, 0.1) is 11.8 Å². The first-order chi connectivity index (χ1) is 7.59. The van der Waals surface area contributed by atoms with Crippen molar-refractivity contribution in [3.63, 3.8) is 0 Å². The lowest BCUT2D eigenvalue weighted by Gasteiger charge is -2.11. The fourth-order valence-electron chi connectivity index (χ4n) is 1.96. The Morgan fingerprint density at radius 1 is 1.50 bits per heavy atom. The first kappa shape index (κ1) is 10.7. The van der Waals surface area contributed by atoms with Gasteiger partial charge in [-0.25, -0.2) is 0 Å². The first-order valence-corrected chi connectivity index (χ1v) is 5.22. The van der Waals surface area contributed by atoms with Crippen molar-refractivity contribution in [2.45, 2.75) is 19.3 Å². The van der Waals surface area contributed by atoms with Crippen molar-refractivity contribution >= 4 is 17.6 Å². The Morgan fingerprint density at radius 2 is 2.19 bits per heavy atom. The zero-order valence-corrected chi connectivity index (χ0v) is 8.93. The molecule has 0 saturated carbocycles. The van der Waals surface area contributed by atoms with Crippen LogP contribution in [0.5, 0.6) is 0 Å². The van der Waals surface area contributed by atoms with Gasteiger partial charge in [0.2, 0.25) is 5.91 Å². The second-order valence-corrected chi connectivity index (χ2v) is 4.10. The lowest BCUT2D eigenvalue weighted by Crippen LogP contribution is -2.19. The van der Waals surface area contributed by atoms with E-state index in [0.717, 1.165) is 11.3 Å². The molecule has 0 bridgehead atoms. The fraction of sp³-hybridized carbons (Fsp3) is 0.333. The average molecular weight is 219 g/mol. The molecular weight excluding hydrogens is 206 g/mol. The normalized spacial score (nSPS) is 20.1. The van der Waals surface area contributed by atoms with Crippen LogP contribution in [0.15, 0.2) is 24.3 Å². The Kier molecular flexibility index (Phi) is 2.64. The van der Waals surface area contributed by atoms with Gasteiger partial charge in [-0.05, 0) is 18.1 Å². The monoisotopic (exact) mass is 219 g/mol. The molecule has 1 aromatic carbocycles. The van der Waals surface area contributed by atoms with Gasteiger partial charge in [-0.1, -0.05) is 25.1 Å². The lowest BCUT2D eigenvalue weighted by atomic mass is 9.91. The van der Waals surface area contributed by atoms with Crippen molar-refractivity contribution in [3.8, 4) is 0 Å². The third-order valence-electron chi connectivity index (χ3n) is 2.92. The number of carboxylic acid groups (broad SMARTS) is 1. The highest BCUT2D eigenvalue weighted by atomic mass is 16.4. The molecule has 1 amide bonds. The van der Waals surface area contributed by atoms with E-state index in [0.29, 0.717) is 6.42 Å². The van der Waals surface area contributed by atoms with Crippen LogP contribution in [0.3, 0.4) is 0 Å². The maximum atomic E-state index is 11.7. The van der Waals surface area contributed by atoms with Crippen LogP contribution in [0.25, 0.3) is 0 Å². The van der Waals surface area contributed by atoms with Gasteiger partial charge >= 0.3 is 5.97 Å². The number of nitrogens with one attached hydrogen (secondary N) is 1. The molecule has 0 saturated heterocycles. The van der Waals surface area contributed by atoms with Crippen LogP contribution in [0.2, 0.25) is 0 Å². The molecule has 0 spiro atoms. The summed E-state index contributed by atoms with van der Waals surface area (Å²) in [6, 6.07) is 7.41. The lowest BCUT2D eigenvalue weighted by molar-refractivity contribution is -0.141. The molecule has 4 nitrogen and oxygen atoms in total. The summed E-state index contributed by atoms with van der Waals surface area (Å²) in [6.45, 7) is 1.62. The maximum Gasteiger partial charge on any atom is 0.306 e. The Balaban J connectivity index is 2.22. The van der Waals surface area contributed by atoms with Crippen LogP contribution in [0.4, 0.5) is 5.69 Å². The van der Waals surface area contributed by atoms with Crippen LogP contribution in [-0.4, -0.2) is 17.0 Å². The van der Waals surface area contributed by atoms with Gasteiger partial charge in [0.1, 0.15) is 0 Å². The summed E-state index contributed by atoms with van der Waals surface area (Å²) in [6.07, 6.45) is 0.345. The first-order valence-electron chi connectivity index (χ1n) is 5.22. The Morgan fingerprint density at radius 3 is 2.88 bits per heavy atom. The molecule has 2 unspecified atom stereocenters. The van der Waals surface area contributed by atoms with Crippen molar-refractivity contribution < 1.29 is 14.7 Å². The van der Waals surface area contributed by atoms with E-state index in [1.165, 1.54) is 0 Å². The molecule has 1 heterocycles. The molecule has 0 radical (unpaired) electrons. The number of amides is 1. The van der Waals surface area contributed by atoms with Gasteiger partial charge < -0.3 is 10.4 Å². The summed E-state index contributed by atoms with van der Waals surface area (Å²) in [5.41, 5.74) is 1.70. The summed E-state index contributed by atoms with van der Waals surface area (Å²) in [4.78, 5) is 22.5. The minimum absolute atomic E-state index is 0.102. The van der Waals surface area contributed by atoms with Gasteiger partial charge in [0.15, 0.2) is 0 Å². The van der Waals surface area contributed by atoms with Crippen molar-refractivity contribution in [1.82, 2.24) is 0 Å². The molecule has 0 fully saturated rings. The van der Waals surface area contributed by atoms with Crippen LogP contribution >= 0.6 is 0 Å². The zero-order chi connectivity index (χ0) is 11.7. The number of rotatable bonds is 3.